The van der Waals surface area contributed by atoms with E-state index >= 15 is 0 Å². The zero-order valence-electron chi connectivity index (χ0n) is 17.2. The Balaban J connectivity index is 1.92. The normalized spacial score (nSPS) is 15.7. The first-order valence-corrected chi connectivity index (χ1v) is 11.8. The maximum absolute atomic E-state index is 13.0. The summed E-state index contributed by atoms with van der Waals surface area (Å²) in [6, 6.07) is 9.38. The average molecular weight is 466 g/mol. The number of halogens is 1. The van der Waals surface area contributed by atoms with Crippen molar-refractivity contribution in [2.24, 2.45) is 5.92 Å². The van der Waals surface area contributed by atoms with Gasteiger partial charge in [-0.1, -0.05) is 49.7 Å². The van der Waals surface area contributed by atoms with E-state index in [0.717, 1.165) is 29.7 Å². The van der Waals surface area contributed by atoms with Gasteiger partial charge in [-0.3, -0.25) is 14.9 Å². The second-order valence-electron chi connectivity index (χ2n) is 7.90. The number of nitro benzene ring substituents is 1. The van der Waals surface area contributed by atoms with Crippen molar-refractivity contribution in [3.05, 3.63) is 68.2 Å². The molecule has 8 nitrogen and oxygen atoms in total. The predicted molar refractivity (Wildman–Crippen MR) is 118 cm³/mol. The minimum Gasteiger partial charge on any atom is -0.345 e. The zero-order valence-corrected chi connectivity index (χ0v) is 18.8. The lowest BCUT2D eigenvalue weighted by Crippen LogP contribution is -2.29. The van der Waals surface area contributed by atoms with Crippen LogP contribution in [0.5, 0.6) is 0 Å². The van der Waals surface area contributed by atoms with Crippen molar-refractivity contribution in [3.63, 3.8) is 0 Å². The summed E-state index contributed by atoms with van der Waals surface area (Å²) in [5, 5.41) is 13.9. The molecule has 1 atom stereocenters. The minimum atomic E-state index is -4.05. The van der Waals surface area contributed by atoms with Crippen LogP contribution in [0.3, 0.4) is 0 Å². The Hall–Kier alpha value is -2.49. The van der Waals surface area contributed by atoms with Gasteiger partial charge < -0.3 is 5.32 Å². The number of hydrogen-bond acceptors (Lipinski definition) is 5. The first-order chi connectivity index (χ1) is 14.6. The SMILES string of the molecule is CC(C)CCNS(=O)(=O)c1cc(C(=O)NC2CCc3ccccc32)c(Cl)c([N+](=O)[O-])c1. The summed E-state index contributed by atoms with van der Waals surface area (Å²) in [6.07, 6.45) is 2.08. The molecule has 0 saturated heterocycles. The molecule has 0 fully saturated rings. The van der Waals surface area contributed by atoms with Crippen LogP contribution in [-0.4, -0.2) is 25.8 Å². The van der Waals surface area contributed by atoms with Gasteiger partial charge in [-0.05, 0) is 42.4 Å². The van der Waals surface area contributed by atoms with Crippen LogP contribution in [0.2, 0.25) is 5.02 Å². The number of hydrogen-bond donors (Lipinski definition) is 2. The summed E-state index contributed by atoms with van der Waals surface area (Å²) in [5.41, 5.74) is 1.21. The number of nitrogens with zero attached hydrogens (tertiary/aromatic N) is 1. The summed E-state index contributed by atoms with van der Waals surface area (Å²) in [6.45, 7) is 4.08. The number of amides is 1. The fraction of sp³-hybridized carbons (Fsp3) is 0.381. The minimum absolute atomic E-state index is 0.177. The fourth-order valence-electron chi connectivity index (χ4n) is 3.54. The second-order valence-corrected chi connectivity index (χ2v) is 10.0. The largest absolute Gasteiger partial charge is 0.345 e. The third-order valence-electron chi connectivity index (χ3n) is 5.23. The van der Waals surface area contributed by atoms with Crippen LogP contribution in [0.15, 0.2) is 41.3 Å². The monoisotopic (exact) mass is 465 g/mol. The lowest BCUT2D eigenvalue weighted by Gasteiger charge is -2.16. The molecule has 1 unspecified atom stereocenters. The Bertz CT molecular complexity index is 1120. The summed E-state index contributed by atoms with van der Waals surface area (Å²) < 4.78 is 27.8. The smallest absolute Gasteiger partial charge is 0.290 e. The highest BCUT2D eigenvalue weighted by atomic mass is 35.5. The summed E-state index contributed by atoms with van der Waals surface area (Å²) in [7, 11) is -4.05. The van der Waals surface area contributed by atoms with Crippen molar-refractivity contribution in [2.45, 2.75) is 44.0 Å². The van der Waals surface area contributed by atoms with Crippen molar-refractivity contribution in [1.29, 1.82) is 0 Å². The molecule has 1 amide bonds. The molecule has 0 saturated carbocycles. The van der Waals surface area contributed by atoms with Gasteiger partial charge in [0, 0.05) is 12.6 Å². The zero-order chi connectivity index (χ0) is 22.8. The molecule has 166 valence electrons. The van der Waals surface area contributed by atoms with Gasteiger partial charge in [0.2, 0.25) is 10.0 Å². The van der Waals surface area contributed by atoms with E-state index in [9.17, 15) is 23.3 Å². The number of nitrogens with one attached hydrogen (secondary N) is 2. The first-order valence-electron chi connectivity index (χ1n) is 9.96. The average Bonchev–Trinajstić information content (AvgIpc) is 3.10. The van der Waals surface area contributed by atoms with Crippen LogP contribution in [-0.2, 0) is 16.4 Å². The molecule has 0 bridgehead atoms. The standard InChI is InChI=1S/C21H24ClN3O5S/c1-13(2)9-10-23-31(29,30)15-11-17(20(22)19(12-15)25(27)28)21(26)24-18-8-7-14-5-3-4-6-16(14)18/h3-6,11-13,18,23H,7-10H2,1-2H3,(H,24,26). The fourth-order valence-corrected chi connectivity index (χ4v) is 4.90. The van der Waals surface area contributed by atoms with Crippen molar-refractivity contribution >= 4 is 33.2 Å². The van der Waals surface area contributed by atoms with E-state index < -0.39 is 31.6 Å². The van der Waals surface area contributed by atoms with E-state index in [2.05, 4.69) is 10.0 Å². The van der Waals surface area contributed by atoms with Crippen LogP contribution in [0, 0.1) is 16.0 Å². The summed E-state index contributed by atoms with van der Waals surface area (Å²) in [4.78, 5) is 23.3. The second kappa shape index (κ2) is 9.33. The molecule has 10 heteroatoms. The van der Waals surface area contributed by atoms with Crippen molar-refractivity contribution in [1.82, 2.24) is 10.0 Å². The number of carbonyl (C=O) groups excluding carboxylic acids is 1. The number of carbonyl (C=O) groups is 1. The number of benzene rings is 2. The van der Waals surface area contributed by atoms with Gasteiger partial charge >= 0.3 is 0 Å². The molecule has 0 spiro atoms. The molecule has 0 aromatic heterocycles. The molecular formula is C21H24ClN3O5S. The highest BCUT2D eigenvalue weighted by molar-refractivity contribution is 7.89. The molecule has 2 N–H and O–H groups in total. The van der Waals surface area contributed by atoms with Crippen LogP contribution >= 0.6 is 11.6 Å². The third kappa shape index (κ3) is 5.23. The molecular weight excluding hydrogens is 442 g/mol. The lowest BCUT2D eigenvalue weighted by atomic mass is 10.1. The predicted octanol–water partition coefficient (Wildman–Crippen LogP) is 3.99. The highest BCUT2D eigenvalue weighted by Crippen LogP contribution is 2.34. The van der Waals surface area contributed by atoms with Crippen molar-refractivity contribution in [2.75, 3.05) is 6.54 Å². The molecule has 2 aromatic rings. The van der Waals surface area contributed by atoms with Gasteiger partial charge in [0.15, 0.2) is 0 Å². The van der Waals surface area contributed by atoms with Gasteiger partial charge in [0.25, 0.3) is 11.6 Å². The Kier molecular flexibility index (Phi) is 6.98. The Morgan fingerprint density at radius 1 is 1.29 bits per heavy atom. The highest BCUT2D eigenvalue weighted by Gasteiger charge is 2.29. The Morgan fingerprint density at radius 3 is 2.68 bits per heavy atom. The van der Waals surface area contributed by atoms with Crippen LogP contribution in [0.4, 0.5) is 5.69 Å². The van der Waals surface area contributed by atoms with E-state index in [1.54, 1.807) is 0 Å². The number of nitro groups is 1. The summed E-state index contributed by atoms with van der Waals surface area (Å²) in [5.74, 6) is -0.382. The first kappa shape index (κ1) is 23.2. The van der Waals surface area contributed by atoms with E-state index in [0.29, 0.717) is 12.8 Å². The maximum atomic E-state index is 13.0. The van der Waals surface area contributed by atoms with Gasteiger partial charge in [0.05, 0.1) is 21.4 Å². The van der Waals surface area contributed by atoms with Crippen molar-refractivity contribution < 1.29 is 18.1 Å². The molecule has 0 aliphatic heterocycles. The van der Waals surface area contributed by atoms with E-state index in [4.69, 9.17) is 11.6 Å². The van der Waals surface area contributed by atoms with Gasteiger partial charge in [-0.15, -0.1) is 0 Å². The number of sulfonamides is 1. The van der Waals surface area contributed by atoms with Gasteiger partial charge in [-0.2, -0.15) is 0 Å². The van der Waals surface area contributed by atoms with Gasteiger partial charge in [0.1, 0.15) is 5.02 Å². The lowest BCUT2D eigenvalue weighted by molar-refractivity contribution is -0.384. The topological polar surface area (TPSA) is 118 Å². The van der Waals surface area contributed by atoms with E-state index in [-0.39, 0.29) is 29.0 Å². The molecule has 3 rings (SSSR count). The molecule has 0 radical (unpaired) electrons. The van der Waals surface area contributed by atoms with E-state index in [1.165, 1.54) is 0 Å². The number of rotatable bonds is 8. The van der Waals surface area contributed by atoms with E-state index in [1.807, 2.05) is 38.1 Å². The van der Waals surface area contributed by atoms with Gasteiger partial charge in [-0.25, -0.2) is 13.1 Å². The number of aryl methyl sites for hydroxylation is 1. The Morgan fingerprint density at radius 2 is 2.00 bits per heavy atom. The quantitative estimate of drug-likeness (QED) is 0.451. The van der Waals surface area contributed by atoms with Crippen LogP contribution in [0.1, 0.15) is 54.2 Å². The molecule has 31 heavy (non-hydrogen) atoms. The van der Waals surface area contributed by atoms with Crippen LogP contribution in [0.25, 0.3) is 0 Å². The summed E-state index contributed by atoms with van der Waals surface area (Å²) >= 11 is 6.13. The maximum Gasteiger partial charge on any atom is 0.290 e. The van der Waals surface area contributed by atoms with Crippen LogP contribution < -0.4 is 10.0 Å². The third-order valence-corrected chi connectivity index (χ3v) is 7.07. The molecule has 1 aliphatic carbocycles. The van der Waals surface area contributed by atoms with Crippen molar-refractivity contribution in [3.8, 4) is 0 Å². The number of fused-ring (bicyclic) bond motifs is 1. The molecule has 2 aromatic carbocycles. The molecule has 0 heterocycles. The molecule has 1 aliphatic rings. The Labute approximate surface area is 186 Å².